The molecule has 1 N–H and O–H groups in total. The van der Waals surface area contributed by atoms with Crippen LogP contribution in [-0.2, 0) is 0 Å². The van der Waals surface area contributed by atoms with Crippen molar-refractivity contribution in [2.75, 3.05) is 24.6 Å². The maximum atomic E-state index is 9.88. The van der Waals surface area contributed by atoms with E-state index >= 15 is 0 Å². The van der Waals surface area contributed by atoms with E-state index in [2.05, 4.69) is 82.5 Å². The summed E-state index contributed by atoms with van der Waals surface area (Å²) in [6.45, 7) is 17.8. The molecule has 182 valence electrons. The van der Waals surface area contributed by atoms with Crippen LogP contribution in [0.1, 0.15) is 71.4 Å². The third-order valence-electron chi connectivity index (χ3n) is 5.09. The van der Waals surface area contributed by atoms with Gasteiger partial charge in [0.25, 0.3) is 0 Å². The summed E-state index contributed by atoms with van der Waals surface area (Å²) in [4.78, 5) is 2.40. The van der Waals surface area contributed by atoms with E-state index in [1.54, 1.807) is 0 Å². The van der Waals surface area contributed by atoms with Crippen molar-refractivity contribution in [1.29, 1.82) is 0 Å². The van der Waals surface area contributed by atoms with Crippen molar-refractivity contribution in [2.45, 2.75) is 66.3 Å². The van der Waals surface area contributed by atoms with Crippen LogP contribution in [0.4, 0.5) is 30.9 Å². The fraction of sp³-hybridized carbons (Fsp3) is 0.667. The van der Waals surface area contributed by atoms with Crippen molar-refractivity contribution >= 4 is 19.8 Å². The van der Waals surface area contributed by atoms with E-state index in [-0.39, 0.29) is 18.1 Å². The molecule has 1 heterocycles. The van der Waals surface area contributed by atoms with Crippen LogP contribution in [0.25, 0.3) is 0 Å². The molecule has 0 aliphatic carbocycles. The molecule has 0 radical (unpaired) electrons. The Bertz CT molecular complexity index is 761. The second-order valence-electron chi connectivity index (χ2n) is 9.66. The first-order valence-electron chi connectivity index (χ1n) is 10.3. The molecule has 31 heavy (non-hydrogen) atoms. The van der Waals surface area contributed by atoms with Gasteiger partial charge in [-0.2, -0.15) is 0 Å². The van der Waals surface area contributed by atoms with E-state index in [4.69, 9.17) is 0 Å². The van der Waals surface area contributed by atoms with Crippen molar-refractivity contribution in [1.82, 2.24) is 0 Å². The van der Waals surface area contributed by atoms with Crippen LogP contribution in [0.15, 0.2) is 18.2 Å². The quantitative estimate of drug-likeness (QED) is 0.269. The predicted octanol–water partition coefficient (Wildman–Crippen LogP) is 7.58. The second-order valence-corrected chi connectivity index (χ2v) is 11.6. The van der Waals surface area contributed by atoms with Gasteiger partial charge in [0.15, 0.2) is 0 Å². The summed E-state index contributed by atoms with van der Waals surface area (Å²) in [5, 5.41) is 9.88. The third kappa shape index (κ3) is 9.77. The zero-order valence-corrected chi connectivity index (χ0v) is 20.1. The number of anilines is 1. The van der Waals surface area contributed by atoms with Crippen LogP contribution in [0, 0.1) is 5.41 Å². The first kappa shape index (κ1) is 27.7. The number of benzene rings is 1. The van der Waals surface area contributed by atoms with Crippen molar-refractivity contribution in [2.24, 2.45) is 5.41 Å². The van der Waals surface area contributed by atoms with Gasteiger partial charge in [-0.3, -0.25) is 4.58 Å². The molecule has 0 saturated heterocycles. The molecule has 1 aliphatic rings. The Balaban J connectivity index is 0.000000592. The summed E-state index contributed by atoms with van der Waals surface area (Å²) < 4.78 is 61.5. The maximum absolute atomic E-state index is 10.7. The van der Waals surface area contributed by atoms with Crippen molar-refractivity contribution < 1.29 is 34.9 Å². The number of nitrogens with zero attached hydrogens (tertiary/aromatic N) is 2. The van der Waals surface area contributed by atoms with Crippen LogP contribution in [0.5, 0.6) is 0 Å². The van der Waals surface area contributed by atoms with E-state index in [0.29, 0.717) is 11.8 Å². The van der Waals surface area contributed by atoms with E-state index in [1.165, 1.54) is 16.8 Å². The minimum absolute atomic E-state index is 0.0553. The van der Waals surface area contributed by atoms with Gasteiger partial charge < -0.3 is 5.11 Å². The molecular weight excluding hydrogens is 441 g/mol. The zero-order chi connectivity index (χ0) is 24.5. The van der Waals surface area contributed by atoms with E-state index in [1.807, 2.05) is 0 Å². The summed E-state index contributed by atoms with van der Waals surface area (Å²) in [5.74, 6) is 0.995. The fourth-order valence-electron chi connectivity index (χ4n) is 3.64. The molecule has 1 atom stereocenters. The van der Waals surface area contributed by atoms with Gasteiger partial charge in [0.1, 0.15) is 24.8 Å². The number of aliphatic hydroxyl groups excluding tert-OH is 1. The molecule has 2 rings (SSSR count). The molecule has 0 spiro atoms. The normalized spacial score (nSPS) is 18.3. The molecule has 1 aromatic carbocycles. The Labute approximate surface area is 181 Å². The summed E-state index contributed by atoms with van der Waals surface area (Å²) >= 11 is 0. The van der Waals surface area contributed by atoms with Gasteiger partial charge in [-0.1, -0.05) is 66.7 Å². The number of para-hydroxylation sites is 1. The van der Waals surface area contributed by atoms with Crippen LogP contribution < -0.4 is 4.90 Å². The van der Waals surface area contributed by atoms with Crippen LogP contribution in [-0.4, -0.2) is 41.8 Å². The molecule has 1 aromatic rings. The number of halogens is 6. The predicted molar refractivity (Wildman–Crippen MR) is 117 cm³/mol. The average Bonchev–Trinajstić information content (AvgIpc) is 2.99. The molecule has 0 amide bonds. The van der Waals surface area contributed by atoms with E-state index in [9.17, 15) is 30.3 Å². The van der Waals surface area contributed by atoms with Gasteiger partial charge in [-0.25, -0.2) is 4.90 Å². The molecule has 0 saturated carbocycles. The number of hydrogen-bond acceptors (Lipinski definition) is 2. The SMILES string of the molecule is CC(C)c1cccc(C(C)C)c1N1C=[N+]([C@H](CO)C(C)(C)C)CC1.F[P-](F)(F)(F)(F)F. The number of aliphatic hydroxyl groups is 1. The molecule has 3 nitrogen and oxygen atoms in total. The number of hydrogen-bond donors (Lipinski definition) is 1. The van der Waals surface area contributed by atoms with Crippen LogP contribution >= 0.6 is 7.81 Å². The Morgan fingerprint density at radius 1 is 0.968 bits per heavy atom. The molecule has 0 aromatic heterocycles. The first-order chi connectivity index (χ1) is 13.6. The monoisotopic (exact) mass is 476 g/mol. The van der Waals surface area contributed by atoms with Gasteiger partial charge in [0.2, 0.25) is 6.34 Å². The molecule has 0 bridgehead atoms. The third-order valence-corrected chi connectivity index (χ3v) is 5.09. The van der Waals surface area contributed by atoms with Gasteiger partial charge in [0, 0.05) is 16.5 Å². The van der Waals surface area contributed by atoms with Crippen molar-refractivity contribution in [3.05, 3.63) is 29.3 Å². The van der Waals surface area contributed by atoms with Crippen molar-refractivity contribution in [3.8, 4) is 0 Å². The minimum atomic E-state index is -10.7. The van der Waals surface area contributed by atoms with E-state index in [0.717, 1.165) is 13.1 Å². The Morgan fingerprint density at radius 3 is 1.71 bits per heavy atom. The standard InChI is InChI=1S/C21H35N2O.F6P/c1-15(2)17-9-8-10-18(16(3)4)20(17)23-12-11-22(14-23)19(13-24)21(5,6)7;1-7(2,3,4,5)6/h8-10,14-16,19,24H,11-13H2,1-7H3;/q+1;-1/t19-;/m1./s1. The number of rotatable bonds is 5. The molecule has 1 aliphatic heterocycles. The van der Waals surface area contributed by atoms with Crippen LogP contribution in [0.3, 0.4) is 0 Å². The Morgan fingerprint density at radius 2 is 1.39 bits per heavy atom. The summed E-state index contributed by atoms with van der Waals surface area (Å²) in [7, 11) is -10.7. The second kappa shape index (κ2) is 8.54. The van der Waals surface area contributed by atoms with Crippen LogP contribution in [0.2, 0.25) is 0 Å². The summed E-state index contributed by atoms with van der Waals surface area (Å²) in [6, 6.07) is 6.86. The fourth-order valence-corrected chi connectivity index (χ4v) is 3.64. The van der Waals surface area contributed by atoms with Gasteiger partial charge in [0.05, 0.1) is 6.61 Å². The van der Waals surface area contributed by atoms with Crippen molar-refractivity contribution in [3.63, 3.8) is 0 Å². The Hall–Kier alpha value is -1.34. The van der Waals surface area contributed by atoms with Gasteiger partial charge >= 0.3 is 33.0 Å². The zero-order valence-electron chi connectivity index (χ0n) is 19.2. The summed E-state index contributed by atoms with van der Waals surface area (Å²) in [5.41, 5.74) is 4.25. The first-order valence-corrected chi connectivity index (χ1v) is 12.3. The molecular formula is C21H35F6N2OP. The Kier molecular flexibility index (Phi) is 7.63. The van der Waals surface area contributed by atoms with E-state index < -0.39 is 7.81 Å². The molecule has 0 fully saturated rings. The average molecular weight is 476 g/mol. The topological polar surface area (TPSA) is 26.5 Å². The molecule has 10 heteroatoms. The molecule has 0 unspecified atom stereocenters. The van der Waals surface area contributed by atoms with Gasteiger partial charge in [-0.15, -0.1) is 0 Å². The van der Waals surface area contributed by atoms with Gasteiger partial charge in [-0.05, 0) is 11.8 Å². The summed E-state index contributed by atoms with van der Waals surface area (Å²) in [6.07, 6.45) is 2.24.